The molecule has 5 N–H and O–H groups in total. The van der Waals surface area contributed by atoms with Crippen LogP contribution in [0.1, 0.15) is 58.0 Å². The molecule has 6 heteroatoms. The number of unbranched alkanes of at least 4 members (excludes halogenated alkanes) is 2. The van der Waals surface area contributed by atoms with Crippen molar-refractivity contribution in [3.63, 3.8) is 0 Å². The van der Waals surface area contributed by atoms with E-state index in [0.717, 1.165) is 19.3 Å². The van der Waals surface area contributed by atoms with Gasteiger partial charge >= 0.3 is 0 Å². The molecule has 0 amide bonds. The fraction of sp³-hybridized carbons (Fsp3) is 0.263. The zero-order valence-corrected chi connectivity index (χ0v) is 13.9. The number of hydrogen-bond donors (Lipinski definition) is 4. The molecule has 6 nitrogen and oxygen atoms in total. The molecule has 0 spiro atoms. The Morgan fingerprint density at radius 1 is 0.880 bits per heavy atom. The van der Waals surface area contributed by atoms with Crippen LogP contribution in [-0.2, 0) is 0 Å². The minimum Gasteiger partial charge on any atom is -0.507 e. The zero-order chi connectivity index (χ0) is 18.1. The number of benzene rings is 2. The summed E-state index contributed by atoms with van der Waals surface area (Å²) in [5, 5.41) is 23.3. The lowest BCUT2D eigenvalue weighted by molar-refractivity contribution is 0.0975. The third kappa shape index (κ3) is 2.69. The summed E-state index contributed by atoms with van der Waals surface area (Å²) >= 11 is 0. The van der Waals surface area contributed by atoms with Gasteiger partial charge < -0.3 is 21.3 Å². The van der Waals surface area contributed by atoms with Crippen LogP contribution in [0.4, 0.5) is 11.4 Å². The van der Waals surface area contributed by atoms with Gasteiger partial charge in [-0.05, 0) is 30.7 Å². The molecule has 0 bridgehead atoms. The van der Waals surface area contributed by atoms with Crippen LogP contribution in [0.2, 0.25) is 0 Å². The summed E-state index contributed by atoms with van der Waals surface area (Å²) in [4.78, 5) is 25.8. The average Bonchev–Trinajstić information content (AvgIpc) is 2.59. The first-order chi connectivity index (χ1) is 12.0. The monoisotopic (exact) mass is 340 g/mol. The number of anilines is 2. The second-order valence-corrected chi connectivity index (χ2v) is 6.10. The van der Waals surface area contributed by atoms with Crippen molar-refractivity contribution in [3.05, 3.63) is 46.5 Å². The van der Waals surface area contributed by atoms with E-state index in [1.165, 1.54) is 18.2 Å². The molecule has 130 valence electrons. The fourth-order valence-corrected chi connectivity index (χ4v) is 3.14. The van der Waals surface area contributed by atoms with E-state index < -0.39 is 11.6 Å². The van der Waals surface area contributed by atoms with Crippen molar-refractivity contribution < 1.29 is 19.8 Å². The average molecular weight is 340 g/mol. The first-order valence-corrected chi connectivity index (χ1v) is 8.28. The molecule has 0 radical (unpaired) electrons. The smallest absolute Gasteiger partial charge is 0.202 e. The number of hydrogen-bond acceptors (Lipinski definition) is 6. The summed E-state index contributed by atoms with van der Waals surface area (Å²) in [5.74, 6) is -1.70. The molecular formula is C19H20N2O4. The van der Waals surface area contributed by atoms with E-state index in [-0.39, 0.29) is 39.4 Å². The minimum absolute atomic E-state index is 0.0142. The number of nitrogens with one attached hydrogen (secondary N) is 1. The molecule has 0 heterocycles. The first kappa shape index (κ1) is 16.8. The lowest BCUT2D eigenvalue weighted by atomic mass is 9.81. The third-order valence-electron chi connectivity index (χ3n) is 4.40. The number of nitrogen functional groups attached to an aromatic ring is 1. The number of ketones is 2. The molecule has 0 aromatic heterocycles. The Morgan fingerprint density at radius 3 is 2.16 bits per heavy atom. The molecule has 2 aromatic carbocycles. The van der Waals surface area contributed by atoms with Gasteiger partial charge in [-0.1, -0.05) is 19.8 Å². The Morgan fingerprint density at radius 2 is 1.48 bits per heavy atom. The summed E-state index contributed by atoms with van der Waals surface area (Å²) in [6.07, 6.45) is 3.04. The van der Waals surface area contributed by atoms with Crippen molar-refractivity contribution in [2.24, 2.45) is 0 Å². The molecule has 0 aliphatic heterocycles. The van der Waals surface area contributed by atoms with Crippen LogP contribution < -0.4 is 11.1 Å². The van der Waals surface area contributed by atoms with E-state index in [2.05, 4.69) is 12.2 Å². The van der Waals surface area contributed by atoms with Crippen LogP contribution in [0.15, 0.2) is 24.3 Å². The number of phenols is 2. The Hall–Kier alpha value is -3.02. The van der Waals surface area contributed by atoms with Gasteiger partial charge in [0.05, 0.1) is 22.3 Å². The molecule has 1 aliphatic rings. The SMILES string of the molecule is CCCCCNc1ccc(O)c2c1C(=O)c1c(N)ccc(O)c1C2=O. The first-order valence-electron chi connectivity index (χ1n) is 8.28. The largest absolute Gasteiger partial charge is 0.507 e. The maximum Gasteiger partial charge on any atom is 0.202 e. The number of carbonyl (C=O) groups excluding carboxylic acids is 2. The van der Waals surface area contributed by atoms with Crippen LogP contribution in [0.3, 0.4) is 0 Å². The lowest BCUT2D eigenvalue weighted by Gasteiger charge is -2.23. The van der Waals surface area contributed by atoms with Gasteiger partial charge in [0.1, 0.15) is 11.5 Å². The predicted octanol–water partition coefficient (Wildman–Crippen LogP) is 3.06. The van der Waals surface area contributed by atoms with Gasteiger partial charge in [-0.2, -0.15) is 0 Å². The van der Waals surface area contributed by atoms with Crippen LogP contribution in [0.5, 0.6) is 11.5 Å². The third-order valence-corrected chi connectivity index (χ3v) is 4.40. The van der Waals surface area contributed by atoms with E-state index in [1.54, 1.807) is 6.07 Å². The number of aromatic hydroxyl groups is 2. The van der Waals surface area contributed by atoms with Crippen LogP contribution >= 0.6 is 0 Å². The highest BCUT2D eigenvalue weighted by molar-refractivity contribution is 6.33. The number of fused-ring (bicyclic) bond motifs is 2. The quantitative estimate of drug-likeness (QED) is 0.322. The number of nitrogens with two attached hydrogens (primary N) is 1. The number of carbonyl (C=O) groups is 2. The lowest BCUT2D eigenvalue weighted by Crippen LogP contribution is -2.24. The van der Waals surface area contributed by atoms with Crippen molar-refractivity contribution >= 4 is 22.9 Å². The molecule has 1 aliphatic carbocycles. The number of rotatable bonds is 5. The fourth-order valence-electron chi connectivity index (χ4n) is 3.14. The Kier molecular flexibility index (Phi) is 4.35. The minimum atomic E-state index is -0.607. The second-order valence-electron chi connectivity index (χ2n) is 6.10. The summed E-state index contributed by atoms with van der Waals surface area (Å²) in [6.45, 7) is 2.74. The van der Waals surface area contributed by atoms with Crippen molar-refractivity contribution in [2.75, 3.05) is 17.6 Å². The van der Waals surface area contributed by atoms with Crippen molar-refractivity contribution in [1.82, 2.24) is 0 Å². The van der Waals surface area contributed by atoms with Gasteiger partial charge in [0.25, 0.3) is 0 Å². The van der Waals surface area contributed by atoms with Gasteiger partial charge in [0.2, 0.25) is 5.78 Å². The second kappa shape index (κ2) is 6.47. The van der Waals surface area contributed by atoms with E-state index in [1.807, 2.05) is 0 Å². The highest BCUT2D eigenvalue weighted by Gasteiger charge is 2.37. The van der Waals surface area contributed by atoms with Gasteiger partial charge in [-0.15, -0.1) is 0 Å². The highest BCUT2D eigenvalue weighted by Crippen LogP contribution is 2.41. The summed E-state index contributed by atoms with van der Waals surface area (Å²) in [5.41, 5.74) is 6.32. The van der Waals surface area contributed by atoms with Crippen molar-refractivity contribution in [3.8, 4) is 11.5 Å². The van der Waals surface area contributed by atoms with E-state index >= 15 is 0 Å². The van der Waals surface area contributed by atoms with Crippen LogP contribution in [0, 0.1) is 0 Å². The Bertz CT molecular complexity index is 874. The number of phenolic OH excluding ortho intramolecular Hbond substituents is 2. The topological polar surface area (TPSA) is 113 Å². The molecule has 0 unspecified atom stereocenters. The van der Waals surface area contributed by atoms with Crippen LogP contribution in [0.25, 0.3) is 0 Å². The maximum absolute atomic E-state index is 13.0. The van der Waals surface area contributed by atoms with Crippen LogP contribution in [-0.4, -0.2) is 28.3 Å². The molecule has 0 fully saturated rings. The molecule has 0 saturated carbocycles. The van der Waals surface area contributed by atoms with Gasteiger partial charge in [0.15, 0.2) is 5.78 Å². The van der Waals surface area contributed by atoms with Crippen molar-refractivity contribution in [1.29, 1.82) is 0 Å². The van der Waals surface area contributed by atoms with Gasteiger partial charge in [-0.3, -0.25) is 9.59 Å². The van der Waals surface area contributed by atoms with E-state index in [4.69, 9.17) is 5.73 Å². The molecule has 25 heavy (non-hydrogen) atoms. The van der Waals surface area contributed by atoms with Gasteiger partial charge in [-0.25, -0.2) is 0 Å². The zero-order valence-electron chi connectivity index (χ0n) is 13.9. The molecule has 2 aromatic rings. The predicted molar refractivity (Wildman–Crippen MR) is 95.5 cm³/mol. The van der Waals surface area contributed by atoms with Crippen molar-refractivity contribution in [2.45, 2.75) is 26.2 Å². The van der Waals surface area contributed by atoms with E-state index in [9.17, 15) is 19.8 Å². The molecule has 0 atom stereocenters. The Balaban J connectivity index is 2.13. The van der Waals surface area contributed by atoms with E-state index in [0.29, 0.717) is 12.2 Å². The van der Waals surface area contributed by atoms with Gasteiger partial charge in [0, 0.05) is 17.9 Å². The standard InChI is InChI=1S/C19H20N2O4/c1-2-3-4-9-21-11-6-8-13(23)17-15(11)18(24)14-10(20)5-7-12(22)16(14)19(17)25/h5-8,21-23H,2-4,9,20H2,1H3. The maximum atomic E-state index is 13.0. The normalized spacial score (nSPS) is 12.7. The summed E-state index contributed by atoms with van der Waals surface area (Å²) in [7, 11) is 0. The molecule has 3 rings (SSSR count). The molecular weight excluding hydrogens is 320 g/mol. The summed E-state index contributed by atoms with van der Waals surface area (Å²) < 4.78 is 0. The Labute approximate surface area is 145 Å². The summed E-state index contributed by atoms with van der Waals surface area (Å²) in [6, 6.07) is 5.62. The molecule has 0 saturated heterocycles. The highest BCUT2D eigenvalue weighted by atomic mass is 16.3.